The number of nitrogens with two attached hydrogens (primary N) is 1. The van der Waals surface area contributed by atoms with Crippen LogP contribution in [0, 0.1) is 0 Å². The van der Waals surface area contributed by atoms with Crippen molar-refractivity contribution in [1.82, 2.24) is 4.98 Å². The Morgan fingerprint density at radius 1 is 1.24 bits per heavy atom. The lowest BCUT2D eigenvalue weighted by molar-refractivity contribution is -0.686. The maximum atomic E-state index is 6.26. The minimum absolute atomic E-state index is 0.557. The molecule has 0 aliphatic carbocycles. The predicted molar refractivity (Wildman–Crippen MR) is 82.7 cm³/mol. The van der Waals surface area contributed by atoms with Crippen LogP contribution in [0.3, 0.4) is 0 Å². The van der Waals surface area contributed by atoms with Crippen molar-refractivity contribution in [2.75, 3.05) is 13.7 Å². The standard InChI is InChI=1S/C16H19ClN2O2/c1-3-21-16-14(17)8-12(9-15(16)20-2)10-18-11-13-6-4-5-7-19-13/h4-9,18H,3,10-11H2,1-2H3/p+1. The molecule has 0 atom stereocenters. The molecule has 1 aromatic heterocycles. The number of quaternary nitrogens is 1. The maximum absolute atomic E-state index is 6.26. The number of benzene rings is 1. The van der Waals surface area contributed by atoms with E-state index in [9.17, 15) is 0 Å². The van der Waals surface area contributed by atoms with E-state index in [1.54, 1.807) is 13.3 Å². The molecule has 0 spiro atoms. The molecule has 0 fully saturated rings. The summed E-state index contributed by atoms with van der Waals surface area (Å²) in [6.07, 6.45) is 1.81. The van der Waals surface area contributed by atoms with Gasteiger partial charge in [-0.3, -0.25) is 4.98 Å². The van der Waals surface area contributed by atoms with Crippen LogP contribution in [-0.4, -0.2) is 18.7 Å². The Kier molecular flexibility index (Phi) is 5.84. The van der Waals surface area contributed by atoms with Gasteiger partial charge in [-0.25, -0.2) is 0 Å². The van der Waals surface area contributed by atoms with E-state index in [-0.39, 0.29) is 0 Å². The van der Waals surface area contributed by atoms with Crippen LogP contribution in [0.2, 0.25) is 5.02 Å². The fourth-order valence-corrected chi connectivity index (χ4v) is 2.37. The van der Waals surface area contributed by atoms with Crippen molar-refractivity contribution >= 4 is 11.6 Å². The first-order chi connectivity index (χ1) is 10.2. The molecule has 1 aromatic carbocycles. The van der Waals surface area contributed by atoms with Gasteiger partial charge in [-0.15, -0.1) is 0 Å². The molecule has 2 rings (SSSR count). The highest BCUT2D eigenvalue weighted by atomic mass is 35.5. The Hall–Kier alpha value is -1.78. The van der Waals surface area contributed by atoms with E-state index in [2.05, 4.69) is 10.3 Å². The lowest BCUT2D eigenvalue weighted by Gasteiger charge is -2.12. The zero-order valence-corrected chi connectivity index (χ0v) is 13.1. The van der Waals surface area contributed by atoms with Gasteiger partial charge >= 0.3 is 0 Å². The largest absolute Gasteiger partial charge is 0.493 e. The average Bonchev–Trinajstić information content (AvgIpc) is 2.51. The second-order valence-corrected chi connectivity index (χ2v) is 4.97. The molecule has 2 aromatic rings. The van der Waals surface area contributed by atoms with Crippen molar-refractivity contribution in [2.45, 2.75) is 20.0 Å². The molecule has 112 valence electrons. The summed E-state index contributed by atoms with van der Waals surface area (Å²) >= 11 is 6.26. The van der Waals surface area contributed by atoms with Crippen LogP contribution in [0.5, 0.6) is 11.5 Å². The van der Waals surface area contributed by atoms with Crippen LogP contribution < -0.4 is 14.8 Å². The number of pyridine rings is 1. The van der Waals surface area contributed by atoms with E-state index in [1.807, 2.05) is 37.3 Å². The number of nitrogens with zero attached hydrogens (tertiary/aromatic N) is 1. The third-order valence-corrected chi connectivity index (χ3v) is 3.32. The third-order valence-electron chi connectivity index (χ3n) is 3.04. The van der Waals surface area contributed by atoms with Gasteiger partial charge in [-0.05, 0) is 31.2 Å². The lowest BCUT2D eigenvalue weighted by atomic mass is 10.2. The van der Waals surface area contributed by atoms with Crippen LogP contribution in [0.4, 0.5) is 0 Å². The van der Waals surface area contributed by atoms with Gasteiger partial charge in [0.2, 0.25) is 0 Å². The number of rotatable bonds is 7. The molecule has 2 N–H and O–H groups in total. The summed E-state index contributed by atoms with van der Waals surface area (Å²) in [5.74, 6) is 1.28. The predicted octanol–water partition coefficient (Wildman–Crippen LogP) is 2.41. The van der Waals surface area contributed by atoms with Crippen LogP contribution in [-0.2, 0) is 13.1 Å². The minimum Gasteiger partial charge on any atom is -0.493 e. The summed E-state index contributed by atoms with van der Waals surface area (Å²) in [5.41, 5.74) is 2.15. The zero-order chi connectivity index (χ0) is 15.1. The van der Waals surface area contributed by atoms with Gasteiger partial charge in [0.15, 0.2) is 11.5 Å². The molecule has 0 amide bonds. The van der Waals surface area contributed by atoms with Gasteiger partial charge in [0, 0.05) is 11.8 Å². The van der Waals surface area contributed by atoms with E-state index in [0.717, 1.165) is 24.3 Å². The fraction of sp³-hybridized carbons (Fsp3) is 0.312. The first-order valence-electron chi connectivity index (χ1n) is 6.95. The molecule has 0 saturated carbocycles. The molecule has 0 saturated heterocycles. The first kappa shape index (κ1) is 15.6. The molecule has 5 heteroatoms. The number of halogens is 1. The van der Waals surface area contributed by atoms with Crippen molar-refractivity contribution < 1.29 is 14.8 Å². The Labute approximate surface area is 130 Å². The van der Waals surface area contributed by atoms with Crippen molar-refractivity contribution in [3.8, 4) is 11.5 Å². The first-order valence-corrected chi connectivity index (χ1v) is 7.33. The zero-order valence-electron chi connectivity index (χ0n) is 12.3. The van der Waals surface area contributed by atoms with E-state index >= 15 is 0 Å². The molecule has 0 bridgehead atoms. The summed E-state index contributed by atoms with van der Waals surface area (Å²) < 4.78 is 10.9. The molecular formula is C16H20ClN2O2+. The monoisotopic (exact) mass is 307 g/mol. The summed E-state index contributed by atoms with van der Waals surface area (Å²) in [7, 11) is 1.62. The molecular weight excluding hydrogens is 288 g/mol. The highest BCUT2D eigenvalue weighted by molar-refractivity contribution is 6.32. The Morgan fingerprint density at radius 2 is 2.10 bits per heavy atom. The van der Waals surface area contributed by atoms with E-state index in [0.29, 0.717) is 23.1 Å². The second kappa shape index (κ2) is 7.86. The number of methoxy groups -OCH3 is 1. The number of hydrogen-bond acceptors (Lipinski definition) is 3. The smallest absolute Gasteiger partial charge is 0.179 e. The minimum atomic E-state index is 0.557. The lowest BCUT2D eigenvalue weighted by Crippen LogP contribution is -2.80. The molecule has 21 heavy (non-hydrogen) atoms. The van der Waals surface area contributed by atoms with Gasteiger partial charge in [-0.1, -0.05) is 17.7 Å². The summed E-state index contributed by atoms with van der Waals surface area (Å²) in [6, 6.07) is 9.81. The van der Waals surface area contributed by atoms with Gasteiger partial charge < -0.3 is 14.8 Å². The number of aromatic nitrogens is 1. The summed E-state index contributed by atoms with van der Waals surface area (Å²) in [6.45, 7) is 4.11. The van der Waals surface area contributed by atoms with Crippen LogP contribution in [0.25, 0.3) is 0 Å². The average molecular weight is 308 g/mol. The number of ether oxygens (including phenoxy) is 2. The Balaban J connectivity index is 2.02. The molecule has 4 nitrogen and oxygen atoms in total. The Morgan fingerprint density at radius 3 is 2.76 bits per heavy atom. The number of hydrogen-bond donors (Lipinski definition) is 1. The topological polar surface area (TPSA) is 48.0 Å². The molecule has 0 radical (unpaired) electrons. The van der Waals surface area contributed by atoms with Crippen LogP contribution in [0.15, 0.2) is 36.5 Å². The van der Waals surface area contributed by atoms with Crippen molar-refractivity contribution in [3.63, 3.8) is 0 Å². The van der Waals surface area contributed by atoms with Crippen molar-refractivity contribution in [1.29, 1.82) is 0 Å². The van der Waals surface area contributed by atoms with E-state index in [4.69, 9.17) is 21.1 Å². The highest BCUT2D eigenvalue weighted by Crippen LogP contribution is 2.36. The molecule has 0 aliphatic rings. The van der Waals surface area contributed by atoms with Crippen molar-refractivity contribution in [3.05, 3.63) is 52.8 Å². The van der Waals surface area contributed by atoms with Gasteiger partial charge in [-0.2, -0.15) is 0 Å². The van der Waals surface area contributed by atoms with Gasteiger partial charge in [0.25, 0.3) is 0 Å². The molecule has 0 aliphatic heterocycles. The van der Waals surface area contributed by atoms with Crippen LogP contribution >= 0.6 is 11.6 Å². The highest BCUT2D eigenvalue weighted by Gasteiger charge is 2.12. The van der Waals surface area contributed by atoms with Crippen molar-refractivity contribution in [2.24, 2.45) is 0 Å². The van der Waals surface area contributed by atoms with Gasteiger partial charge in [0.1, 0.15) is 13.1 Å². The normalized spacial score (nSPS) is 10.4. The molecule has 0 unspecified atom stereocenters. The third kappa shape index (κ3) is 4.34. The quantitative estimate of drug-likeness (QED) is 0.854. The second-order valence-electron chi connectivity index (χ2n) is 4.56. The SMILES string of the molecule is CCOc1c(Cl)cc(C[NH2+]Cc2ccccn2)cc1OC. The maximum Gasteiger partial charge on any atom is 0.179 e. The molecule has 1 heterocycles. The summed E-state index contributed by atoms with van der Waals surface area (Å²) in [4.78, 5) is 4.30. The van der Waals surface area contributed by atoms with E-state index in [1.165, 1.54) is 0 Å². The fourth-order valence-electron chi connectivity index (χ4n) is 2.08. The van der Waals surface area contributed by atoms with Gasteiger partial charge in [0.05, 0.1) is 24.4 Å². The Bertz CT molecular complexity index is 576. The summed E-state index contributed by atoms with van der Waals surface area (Å²) in [5, 5.41) is 2.76. The van der Waals surface area contributed by atoms with E-state index < -0.39 is 0 Å². The van der Waals surface area contributed by atoms with Crippen LogP contribution in [0.1, 0.15) is 18.2 Å².